The van der Waals surface area contributed by atoms with Crippen molar-refractivity contribution >= 4 is 13.4 Å². The minimum atomic E-state index is -1.53. The second-order valence-electron chi connectivity index (χ2n) is 9.11. The van der Waals surface area contributed by atoms with Crippen molar-refractivity contribution in [1.82, 2.24) is 9.78 Å². The lowest BCUT2D eigenvalue weighted by Gasteiger charge is -2.26. The van der Waals surface area contributed by atoms with E-state index in [1.165, 1.54) is 0 Å². The van der Waals surface area contributed by atoms with Crippen LogP contribution >= 0.6 is 0 Å². The molecule has 0 radical (unpaired) electrons. The molecule has 152 valence electrons. The SMILES string of the molecule is Cn1nc([Si](C)(C)C)cc1[C@H]1O[C@@H]2OC(C)(C)O[C@@H]2[C@H]1OCc1ccccc1. The second kappa shape index (κ2) is 7.07. The van der Waals surface area contributed by atoms with Crippen LogP contribution < -0.4 is 5.32 Å². The monoisotopic (exact) mass is 402 g/mol. The maximum absolute atomic E-state index is 6.35. The standard InChI is InChI=1S/C21H30N2O4Si/c1-21(2)26-19-18(24-13-14-10-8-7-9-11-14)17(25-20(19)27-21)15-12-16(22-23(15)3)28(4,5)6/h7-12,17-20H,13H2,1-6H3/t17-,18+,19-,20-/m1/s1. The first-order valence-electron chi connectivity index (χ1n) is 9.85. The van der Waals surface area contributed by atoms with Crippen molar-refractivity contribution in [1.29, 1.82) is 0 Å². The van der Waals surface area contributed by atoms with Gasteiger partial charge in [0.05, 0.1) is 12.3 Å². The van der Waals surface area contributed by atoms with Crippen LogP contribution in [0.1, 0.15) is 31.2 Å². The summed E-state index contributed by atoms with van der Waals surface area (Å²) in [4.78, 5) is 0. The van der Waals surface area contributed by atoms with E-state index in [1.54, 1.807) is 0 Å². The third kappa shape index (κ3) is 3.82. The van der Waals surface area contributed by atoms with Gasteiger partial charge in [-0.25, -0.2) is 0 Å². The zero-order valence-electron chi connectivity index (χ0n) is 17.5. The van der Waals surface area contributed by atoms with Gasteiger partial charge in [-0.1, -0.05) is 50.0 Å². The van der Waals surface area contributed by atoms with E-state index in [4.69, 9.17) is 24.0 Å². The van der Waals surface area contributed by atoms with Crippen LogP contribution in [-0.4, -0.2) is 42.1 Å². The molecule has 0 spiro atoms. The van der Waals surface area contributed by atoms with E-state index >= 15 is 0 Å². The molecule has 2 aromatic rings. The lowest BCUT2D eigenvalue weighted by Crippen LogP contribution is -2.39. The molecule has 3 heterocycles. The Morgan fingerprint density at radius 2 is 1.86 bits per heavy atom. The normalized spacial score (nSPS) is 29.2. The molecule has 28 heavy (non-hydrogen) atoms. The zero-order valence-corrected chi connectivity index (χ0v) is 18.5. The summed E-state index contributed by atoms with van der Waals surface area (Å²) in [7, 11) is 0.438. The van der Waals surface area contributed by atoms with E-state index in [0.717, 1.165) is 16.6 Å². The lowest BCUT2D eigenvalue weighted by molar-refractivity contribution is -0.221. The maximum Gasteiger partial charge on any atom is 0.190 e. The van der Waals surface area contributed by atoms with E-state index in [1.807, 2.05) is 43.8 Å². The molecule has 0 amide bonds. The fraction of sp³-hybridized carbons (Fsp3) is 0.571. The third-order valence-corrected chi connectivity index (χ3v) is 7.03. The van der Waals surface area contributed by atoms with E-state index in [-0.39, 0.29) is 18.3 Å². The summed E-state index contributed by atoms with van der Waals surface area (Å²) in [6, 6.07) is 12.3. The van der Waals surface area contributed by atoms with E-state index < -0.39 is 20.2 Å². The van der Waals surface area contributed by atoms with Crippen LogP contribution in [-0.2, 0) is 32.6 Å². The molecular weight excluding hydrogens is 372 g/mol. The molecular formula is C21H30N2O4Si. The Morgan fingerprint density at radius 1 is 1.14 bits per heavy atom. The van der Waals surface area contributed by atoms with Crippen molar-refractivity contribution in [2.45, 2.75) is 70.5 Å². The van der Waals surface area contributed by atoms with Crippen LogP contribution in [0.4, 0.5) is 0 Å². The van der Waals surface area contributed by atoms with Crippen molar-refractivity contribution in [3.8, 4) is 0 Å². The molecule has 0 unspecified atom stereocenters. The third-order valence-electron chi connectivity index (χ3n) is 5.25. The van der Waals surface area contributed by atoms with Gasteiger partial charge in [-0.05, 0) is 25.5 Å². The smallest absolute Gasteiger partial charge is 0.190 e. The molecule has 0 aliphatic carbocycles. The minimum absolute atomic E-state index is 0.267. The van der Waals surface area contributed by atoms with Gasteiger partial charge in [0, 0.05) is 12.4 Å². The number of fused-ring (bicyclic) bond motifs is 1. The number of rotatable bonds is 5. The predicted molar refractivity (Wildman–Crippen MR) is 109 cm³/mol. The summed E-state index contributed by atoms with van der Waals surface area (Å²) >= 11 is 0. The van der Waals surface area contributed by atoms with Gasteiger partial charge >= 0.3 is 0 Å². The molecule has 2 aliphatic rings. The molecule has 2 fully saturated rings. The molecule has 4 rings (SSSR count). The zero-order chi connectivity index (χ0) is 20.1. The largest absolute Gasteiger partial charge is 0.367 e. The van der Waals surface area contributed by atoms with Crippen molar-refractivity contribution in [2.75, 3.05) is 0 Å². The Kier molecular flexibility index (Phi) is 5.00. The van der Waals surface area contributed by atoms with Crippen LogP contribution in [0.3, 0.4) is 0 Å². The number of aromatic nitrogens is 2. The highest BCUT2D eigenvalue weighted by Crippen LogP contribution is 2.44. The van der Waals surface area contributed by atoms with Crippen LogP contribution in [0, 0.1) is 0 Å². The fourth-order valence-electron chi connectivity index (χ4n) is 3.78. The van der Waals surface area contributed by atoms with Gasteiger partial charge in [-0.15, -0.1) is 0 Å². The van der Waals surface area contributed by atoms with Crippen LogP contribution in [0.25, 0.3) is 0 Å². The Bertz CT molecular complexity index is 831. The Balaban J connectivity index is 1.61. The molecule has 7 heteroatoms. The van der Waals surface area contributed by atoms with Gasteiger partial charge in [0.1, 0.15) is 26.4 Å². The lowest BCUT2D eigenvalue weighted by atomic mass is 10.1. The highest BCUT2D eigenvalue weighted by atomic mass is 28.3. The molecule has 0 bridgehead atoms. The summed E-state index contributed by atoms with van der Waals surface area (Å²) in [6.07, 6.45) is -1.26. The summed E-state index contributed by atoms with van der Waals surface area (Å²) in [5.74, 6) is -0.676. The molecule has 4 atom stereocenters. The Labute approximate surface area is 167 Å². The quantitative estimate of drug-likeness (QED) is 0.720. The van der Waals surface area contributed by atoms with Crippen LogP contribution in [0.15, 0.2) is 36.4 Å². The topological polar surface area (TPSA) is 54.7 Å². The van der Waals surface area contributed by atoms with Crippen LogP contribution in [0.2, 0.25) is 19.6 Å². The average Bonchev–Trinajstić information content (AvgIpc) is 3.23. The summed E-state index contributed by atoms with van der Waals surface area (Å²) in [5.41, 5.74) is 2.13. The molecule has 2 saturated heterocycles. The fourth-order valence-corrected chi connectivity index (χ4v) is 4.81. The van der Waals surface area contributed by atoms with Gasteiger partial charge < -0.3 is 18.9 Å². The number of hydrogen-bond donors (Lipinski definition) is 0. The number of ether oxygens (including phenoxy) is 4. The highest BCUT2D eigenvalue weighted by Gasteiger charge is 2.56. The van der Waals surface area contributed by atoms with Crippen molar-refractivity contribution in [3.63, 3.8) is 0 Å². The van der Waals surface area contributed by atoms with E-state index in [2.05, 4.69) is 37.8 Å². The maximum atomic E-state index is 6.35. The first-order chi connectivity index (χ1) is 13.1. The van der Waals surface area contributed by atoms with E-state index in [9.17, 15) is 0 Å². The van der Waals surface area contributed by atoms with Gasteiger partial charge in [-0.3, -0.25) is 4.68 Å². The first kappa shape index (κ1) is 19.8. The first-order valence-corrected chi connectivity index (χ1v) is 13.4. The molecule has 6 nitrogen and oxygen atoms in total. The molecule has 1 aromatic heterocycles. The Morgan fingerprint density at radius 3 is 2.50 bits per heavy atom. The van der Waals surface area contributed by atoms with Crippen molar-refractivity contribution in [2.24, 2.45) is 7.05 Å². The summed E-state index contributed by atoms with van der Waals surface area (Å²) in [6.45, 7) is 11.2. The molecule has 0 saturated carbocycles. The predicted octanol–water partition coefficient (Wildman–Crippen LogP) is 3.10. The number of aryl methyl sites for hydroxylation is 1. The minimum Gasteiger partial charge on any atom is -0.367 e. The number of benzene rings is 1. The molecule has 2 aliphatic heterocycles. The van der Waals surface area contributed by atoms with Crippen molar-refractivity contribution in [3.05, 3.63) is 47.7 Å². The average molecular weight is 403 g/mol. The molecule has 0 N–H and O–H groups in total. The number of nitrogens with zero attached hydrogens (tertiary/aromatic N) is 2. The highest BCUT2D eigenvalue weighted by molar-refractivity contribution is 6.88. The Hall–Kier alpha value is -1.51. The van der Waals surface area contributed by atoms with Gasteiger partial charge in [0.15, 0.2) is 12.1 Å². The summed E-state index contributed by atoms with van der Waals surface area (Å²) < 4.78 is 26.7. The number of hydrogen-bond acceptors (Lipinski definition) is 5. The van der Waals surface area contributed by atoms with Gasteiger partial charge in [-0.2, -0.15) is 5.10 Å². The van der Waals surface area contributed by atoms with Gasteiger partial charge in [0.2, 0.25) is 0 Å². The molecule has 1 aromatic carbocycles. The van der Waals surface area contributed by atoms with Crippen molar-refractivity contribution < 1.29 is 18.9 Å². The van der Waals surface area contributed by atoms with E-state index in [0.29, 0.717) is 6.61 Å². The summed E-state index contributed by atoms with van der Waals surface area (Å²) in [5, 5.41) is 5.92. The second-order valence-corrected chi connectivity index (χ2v) is 14.1. The van der Waals surface area contributed by atoms with Gasteiger partial charge in [0.25, 0.3) is 0 Å². The van der Waals surface area contributed by atoms with Crippen LogP contribution in [0.5, 0.6) is 0 Å².